The molecule has 1 aliphatic rings. The van der Waals surface area contributed by atoms with Crippen LogP contribution in [0.25, 0.3) is 0 Å². The Morgan fingerprint density at radius 2 is 1.68 bits per heavy atom. The average molecular weight is 309 g/mol. The van der Waals surface area contributed by atoms with Gasteiger partial charge in [0.25, 0.3) is 0 Å². The highest BCUT2D eigenvalue weighted by Crippen LogP contribution is 2.57. The third kappa shape index (κ3) is 4.86. The number of hydrogen-bond acceptors (Lipinski definition) is 2. The fourth-order valence-corrected chi connectivity index (χ4v) is 3.63. The van der Waals surface area contributed by atoms with Gasteiger partial charge in [0.15, 0.2) is 0 Å². The molecule has 1 rings (SSSR count). The molecule has 1 atom stereocenters. The van der Waals surface area contributed by atoms with Crippen LogP contribution in [0.2, 0.25) is 0 Å². The summed E-state index contributed by atoms with van der Waals surface area (Å²) in [6, 6.07) is 0. The summed E-state index contributed by atoms with van der Waals surface area (Å²) in [5.41, 5.74) is 0.216. The Kier molecular flexibility index (Phi) is 5.92. The van der Waals surface area contributed by atoms with Gasteiger partial charge in [0, 0.05) is 6.42 Å². The Bertz CT molecular complexity index is 391. The van der Waals surface area contributed by atoms with E-state index in [2.05, 4.69) is 34.3 Å². The summed E-state index contributed by atoms with van der Waals surface area (Å²) in [4.78, 5) is 12.0. The van der Waals surface area contributed by atoms with Gasteiger partial charge in [0.2, 0.25) is 0 Å². The molecule has 0 N–H and O–H groups in total. The third-order valence-electron chi connectivity index (χ3n) is 5.59. The van der Waals surface area contributed by atoms with E-state index in [9.17, 15) is 4.79 Å². The van der Waals surface area contributed by atoms with Gasteiger partial charge in [-0.15, -0.1) is 6.58 Å². The van der Waals surface area contributed by atoms with E-state index in [1.54, 1.807) is 0 Å². The van der Waals surface area contributed by atoms with Crippen LogP contribution in [0.5, 0.6) is 0 Å². The summed E-state index contributed by atoms with van der Waals surface area (Å²) in [6.45, 7) is 19.1. The number of hydrogen-bond donors (Lipinski definition) is 0. The molecular formula is C20H36O2. The summed E-state index contributed by atoms with van der Waals surface area (Å²) < 4.78 is 5.44. The predicted octanol–water partition coefficient (Wildman–Crippen LogP) is 5.76. The van der Waals surface area contributed by atoms with Crippen LogP contribution in [0.4, 0.5) is 0 Å². The minimum absolute atomic E-state index is 0.0421. The van der Waals surface area contributed by atoms with Crippen LogP contribution in [0.15, 0.2) is 12.7 Å². The second kappa shape index (κ2) is 6.76. The van der Waals surface area contributed by atoms with Gasteiger partial charge in [-0.2, -0.15) is 0 Å². The smallest absolute Gasteiger partial charge is 0.306 e. The molecule has 0 amide bonds. The maximum Gasteiger partial charge on any atom is 0.306 e. The maximum absolute atomic E-state index is 12.0. The molecular weight excluding hydrogens is 272 g/mol. The Morgan fingerprint density at radius 3 is 2.09 bits per heavy atom. The first-order valence-corrected chi connectivity index (χ1v) is 8.72. The maximum atomic E-state index is 12.0. The van der Waals surface area contributed by atoms with E-state index in [0.29, 0.717) is 23.7 Å². The zero-order valence-electron chi connectivity index (χ0n) is 15.8. The van der Waals surface area contributed by atoms with Gasteiger partial charge < -0.3 is 4.74 Å². The van der Waals surface area contributed by atoms with Crippen molar-refractivity contribution in [3.8, 4) is 0 Å². The lowest BCUT2D eigenvalue weighted by molar-refractivity contribution is -0.158. The number of esters is 1. The SMILES string of the molecule is C=CCCC(C)(C1CC(CC(=O)OC(C)(C)C)C1)C(C)(C)C. The summed E-state index contributed by atoms with van der Waals surface area (Å²) in [5.74, 6) is 1.17. The molecule has 128 valence electrons. The fourth-order valence-electron chi connectivity index (χ4n) is 3.63. The van der Waals surface area contributed by atoms with E-state index in [0.717, 1.165) is 19.3 Å². The van der Waals surface area contributed by atoms with Crippen molar-refractivity contribution in [3.63, 3.8) is 0 Å². The van der Waals surface area contributed by atoms with Crippen LogP contribution >= 0.6 is 0 Å². The molecule has 0 heterocycles. The van der Waals surface area contributed by atoms with E-state index in [1.807, 2.05) is 26.8 Å². The number of carbonyl (C=O) groups excluding carboxylic acids is 1. The van der Waals surface area contributed by atoms with Gasteiger partial charge in [-0.25, -0.2) is 0 Å². The molecule has 0 aliphatic heterocycles. The van der Waals surface area contributed by atoms with Crippen LogP contribution in [0.1, 0.15) is 80.6 Å². The van der Waals surface area contributed by atoms with Crippen molar-refractivity contribution in [2.24, 2.45) is 22.7 Å². The van der Waals surface area contributed by atoms with E-state index < -0.39 is 0 Å². The topological polar surface area (TPSA) is 26.3 Å². The van der Waals surface area contributed by atoms with Crippen LogP contribution < -0.4 is 0 Å². The molecule has 1 saturated carbocycles. The summed E-state index contributed by atoms with van der Waals surface area (Å²) >= 11 is 0. The van der Waals surface area contributed by atoms with E-state index in [-0.39, 0.29) is 17.0 Å². The van der Waals surface area contributed by atoms with E-state index in [1.165, 1.54) is 6.42 Å². The van der Waals surface area contributed by atoms with Crippen molar-refractivity contribution in [1.29, 1.82) is 0 Å². The second-order valence-electron chi connectivity index (χ2n) is 9.32. The largest absolute Gasteiger partial charge is 0.460 e. The Labute approximate surface area is 137 Å². The van der Waals surface area contributed by atoms with Gasteiger partial charge in [-0.05, 0) is 69.1 Å². The molecule has 0 bridgehead atoms. The van der Waals surface area contributed by atoms with Gasteiger partial charge >= 0.3 is 5.97 Å². The molecule has 0 radical (unpaired) electrons. The summed E-state index contributed by atoms with van der Waals surface area (Å²) in [5, 5.41) is 0. The van der Waals surface area contributed by atoms with Gasteiger partial charge in [-0.3, -0.25) is 4.79 Å². The first-order valence-electron chi connectivity index (χ1n) is 8.72. The number of rotatable bonds is 6. The van der Waals surface area contributed by atoms with Gasteiger partial charge in [0.1, 0.15) is 5.60 Å². The number of carbonyl (C=O) groups is 1. The monoisotopic (exact) mass is 308 g/mol. The molecule has 1 aliphatic carbocycles. The molecule has 0 aromatic carbocycles. The molecule has 2 heteroatoms. The molecule has 1 fully saturated rings. The summed E-state index contributed by atoms with van der Waals surface area (Å²) in [7, 11) is 0. The lowest BCUT2D eigenvalue weighted by Gasteiger charge is -2.54. The van der Waals surface area contributed by atoms with Gasteiger partial charge in [0.05, 0.1) is 0 Å². The van der Waals surface area contributed by atoms with Crippen LogP contribution in [-0.4, -0.2) is 11.6 Å². The first kappa shape index (κ1) is 19.3. The van der Waals surface area contributed by atoms with Gasteiger partial charge in [-0.1, -0.05) is 33.8 Å². The highest BCUT2D eigenvalue weighted by Gasteiger charge is 2.48. The van der Waals surface area contributed by atoms with E-state index in [4.69, 9.17) is 4.74 Å². The van der Waals surface area contributed by atoms with E-state index >= 15 is 0 Å². The second-order valence-corrected chi connectivity index (χ2v) is 9.32. The number of ether oxygens (including phenoxy) is 1. The molecule has 1 unspecified atom stereocenters. The van der Waals surface area contributed by atoms with Crippen molar-refractivity contribution >= 4 is 5.97 Å². The average Bonchev–Trinajstić information content (AvgIpc) is 2.26. The summed E-state index contributed by atoms with van der Waals surface area (Å²) in [6.07, 6.45) is 7.18. The highest BCUT2D eigenvalue weighted by atomic mass is 16.6. The standard InChI is InChI=1S/C20H36O2/c1-9-10-11-20(8,18(2,3)4)16-12-15(13-16)14-17(21)22-19(5,6)7/h9,15-16H,1,10-14H2,2-8H3. The zero-order valence-corrected chi connectivity index (χ0v) is 15.8. The lowest BCUT2D eigenvalue weighted by atomic mass is 9.51. The third-order valence-corrected chi connectivity index (χ3v) is 5.59. The zero-order chi connectivity index (χ0) is 17.2. The Morgan fingerprint density at radius 1 is 1.14 bits per heavy atom. The molecule has 0 spiro atoms. The molecule has 22 heavy (non-hydrogen) atoms. The van der Waals surface area contributed by atoms with Crippen LogP contribution in [0.3, 0.4) is 0 Å². The predicted molar refractivity (Wildman–Crippen MR) is 93.7 cm³/mol. The quantitative estimate of drug-likeness (QED) is 0.460. The molecule has 0 saturated heterocycles. The molecule has 2 nitrogen and oxygen atoms in total. The molecule has 0 aromatic heterocycles. The number of allylic oxidation sites excluding steroid dienone is 1. The Hall–Kier alpha value is -0.790. The minimum atomic E-state index is -0.371. The van der Waals surface area contributed by atoms with Crippen molar-refractivity contribution < 1.29 is 9.53 Å². The van der Waals surface area contributed by atoms with Crippen molar-refractivity contribution in [1.82, 2.24) is 0 Å². The Balaban J connectivity index is 2.56. The minimum Gasteiger partial charge on any atom is -0.460 e. The van der Waals surface area contributed by atoms with Crippen LogP contribution in [-0.2, 0) is 9.53 Å². The fraction of sp³-hybridized carbons (Fsp3) is 0.850. The normalized spacial score (nSPS) is 25.0. The molecule has 0 aromatic rings. The highest BCUT2D eigenvalue weighted by molar-refractivity contribution is 5.70. The van der Waals surface area contributed by atoms with Crippen molar-refractivity contribution in [3.05, 3.63) is 12.7 Å². The van der Waals surface area contributed by atoms with Crippen molar-refractivity contribution in [2.75, 3.05) is 0 Å². The van der Waals surface area contributed by atoms with Crippen LogP contribution in [0, 0.1) is 22.7 Å². The first-order chi connectivity index (χ1) is 9.89. The van der Waals surface area contributed by atoms with Crippen molar-refractivity contribution in [2.45, 2.75) is 86.2 Å². The lowest BCUT2D eigenvalue weighted by Crippen LogP contribution is -2.46.